The Kier molecular flexibility index (Phi) is 15.3. The van der Waals surface area contributed by atoms with Gasteiger partial charge in [-0.05, 0) is 78.6 Å². The van der Waals surface area contributed by atoms with Crippen molar-refractivity contribution in [3.8, 4) is 0 Å². The molecule has 230 valence electrons. The fourth-order valence-corrected chi connectivity index (χ4v) is 13.6. The van der Waals surface area contributed by atoms with Gasteiger partial charge in [-0.25, -0.2) is 0 Å². The normalized spacial score (nSPS) is 17.0. The zero-order valence-corrected chi connectivity index (χ0v) is 31.9. The zero-order valence-electron chi connectivity index (χ0n) is 28.9. The van der Waals surface area contributed by atoms with E-state index in [9.17, 15) is 5.11 Å². The summed E-state index contributed by atoms with van der Waals surface area (Å²) in [5.74, 6) is 0.223. The van der Waals surface area contributed by atoms with Gasteiger partial charge < -0.3 is 18.4 Å². The van der Waals surface area contributed by atoms with Crippen molar-refractivity contribution >= 4 is 25.0 Å². The molecule has 0 aromatic carbocycles. The SMILES string of the molecule is CC(C)[Si](O[C@@H](CCO)[C@@H](C)[C@@H](CCCCO[Si](C)(C)C(C)(C)C)O[Si](C)(C)C(C)(C)C)(C(C)C)C(C)C. The first-order valence-electron chi connectivity index (χ1n) is 15.6. The topological polar surface area (TPSA) is 47.9 Å². The molecular formula is C31H70O4Si3. The van der Waals surface area contributed by atoms with Crippen molar-refractivity contribution in [2.45, 2.75) is 181 Å². The van der Waals surface area contributed by atoms with Gasteiger partial charge in [0.25, 0.3) is 0 Å². The number of rotatable bonds is 17. The first-order valence-corrected chi connectivity index (χ1v) is 23.5. The molecule has 3 atom stereocenters. The monoisotopic (exact) mass is 590 g/mol. The molecule has 0 heterocycles. The summed E-state index contributed by atoms with van der Waals surface area (Å²) >= 11 is 0. The first-order chi connectivity index (χ1) is 17.0. The molecule has 0 aromatic heterocycles. The molecule has 0 unspecified atom stereocenters. The van der Waals surface area contributed by atoms with Crippen molar-refractivity contribution in [1.29, 1.82) is 0 Å². The number of aliphatic hydroxyl groups is 1. The maximum absolute atomic E-state index is 10.1. The molecule has 0 aliphatic heterocycles. The highest BCUT2D eigenvalue weighted by molar-refractivity contribution is 6.77. The second-order valence-corrected chi connectivity index (χ2v) is 30.8. The summed E-state index contributed by atoms with van der Waals surface area (Å²) in [6.07, 6.45) is 3.97. The molecule has 0 aliphatic carbocycles. The van der Waals surface area contributed by atoms with Gasteiger partial charge in [-0.1, -0.05) is 90.0 Å². The average molecular weight is 591 g/mol. The molecule has 0 radical (unpaired) electrons. The lowest BCUT2D eigenvalue weighted by Crippen LogP contribution is -2.53. The molecule has 0 aliphatic rings. The van der Waals surface area contributed by atoms with Gasteiger partial charge in [0.05, 0.1) is 12.2 Å². The molecule has 4 nitrogen and oxygen atoms in total. The summed E-state index contributed by atoms with van der Waals surface area (Å²) in [6.45, 7) is 40.7. The van der Waals surface area contributed by atoms with Crippen molar-refractivity contribution in [1.82, 2.24) is 0 Å². The third-order valence-corrected chi connectivity index (χ3v) is 25.2. The zero-order chi connectivity index (χ0) is 30.3. The third-order valence-electron chi connectivity index (χ3n) is 10.1. The van der Waals surface area contributed by atoms with Gasteiger partial charge in [0.15, 0.2) is 16.6 Å². The van der Waals surface area contributed by atoms with Gasteiger partial charge in [-0.15, -0.1) is 0 Å². The fraction of sp³-hybridized carbons (Fsp3) is 1.00. The van der Waals surface area contributed by atoms with Crippen LogP contribution in [-0.4, -0.2) is 55.5 Å². The summed E-state index contributed by atoms with van der Waals surface area (Å²) < 4.78 is 20.9. The van der Waals surface area contributed by atoms with E-state index in [4.69, 9.17) is 13.3 Å². The Morgan fingerprint density at radius 3 is 1.39 bits per heavy atom. The Hall–Kier alpha value is 0.491. The van der Waals surface area contributed by atoms with Crippen LogP contribution in [0.4, 0.5) is 0 Å². The lowest BCUT2D eigenvalue weighted by atomic mass is 9.92. The molecule has 7 heteroatoms. The number of aliphatic hydroxyl groups excluding tert-OH is 1. The minimum atomic E-state index is -2.09. The minimum Gasteiger partial charge on any atom is -0.417 e. The molecular weight excluding hydrogens is 521 g/mol. The molecule has 0 bridgehead atoms. The molecule has 0 spiro atoms. The maximum atomic E-state index is 10.1. The standard InChI is InChI=1S/C31H70O4Si3/c1-24(2)38(25(3)4,26(5)6)35-29(21-22-32)27(7)28(34-37(16,17)31(11,12)13)20-18-19-23-33-36(14,15)30(8,9)10/h24-29,32H,18-23H2,1-17H3/t27-,28+,29-/m0/s1. The fourth-order valence-electron chi connectivity index (χ4n) is 5.44. The highest BCUT2D eigenvalue weighted by Gasteiger charge is 2.48. The summed E-state index contributed by atoms with van der Waals surface area (Å²) in [5, 5.41) is 10.5. The van der Waals surface area contributed by atoms with Gasteiger partial charge >= 0.3 is 0 Å². The van der Waals surface area contributed by atoms with Crippen LogP contribution in [0.5, 0.6) is 0 Å². The third kappa shape index (κ3) is 10.4. The summed E-state index contributed by atoms with van der Waals surface area (Å²) in [7, 11) is -5.79. The summed E-state index contributed by atoms with van der Waals surface area (Å²) in [6, 6.07) is 0. The van der Waals surface area contributed by atoms with Crippen LogP contribution in [0, 0.1) is 5.92 Å². The number of hydrogen-bond acceptors (Lipinski definition) is 4. The molecule has 0 fully saturated rings. The maximum Gasteiger partial charge on any atom is 0.200 e. The Morgan fingerprint density at radius 1 is 0.605 bits per heavy atom. The quantitative estimate of drug-likeness (QED) is 0.135. The van der Waals surface area contributed by atoms with Gasteiger partial charge in [0, 0.05) is 19.1 Å². The van der Waals surface area contributed by atoms with Crippen LogP contribution in [0.25, 0.3) is 0 Å². The van der Waals surface area contributed by atoms with Crippen LogP contribution in [0.2, 0.25) is 52.9 Å². The Balaban J connectivity index is 5.94. The van der Waals surface area contributed by atoms with E-state index in [0.717, 1.165) is 25.9 Å². The number of hydrogen-bond donors (Lipinski definition) is 1. The van der Waals surface area contributed by atoms with E-state index in [-0.39, 0.29) is 34.8 Å². The molecule has 0 rings (SSSR count). The lowest BCUT2D eigenvalue weighted by Gasteiger charge is -2.48. The van der Waals surface area contributed by atoms with Crippen LogP contribution < -0.4 is 0 Å². The van der Waals surface area contributed by atoms with Gasteiger partial charge in [-0.3, -0.25) is 0 Å². The van der Waals surface area contributed by atoms with Crippen LogP contribution >= 0.6 is 0 Å². The van der Waals surface area contributed by atoms with E-state index < -0.39 is 25.0 Å². The highest BCUT2D eigenvalue weighted by atomic mass is 28.4. The predicted molar refractivity (Wildman–Crippen MR) is 176 cm³/mol. The molecule has 0 amide bonds. The first kappa shape index (κ1) is 38.5. The Labute approximate surface area is 242 Å². The van der Waals surface area contributed by atoms with Crippen molar-refractivity contribution in [3.05, 3.63) is 0 Å². The molecule has 0 saturated heterocycles. The Bertz CT molecular complexity index is 641. The van der Waals surface area contributed by atoms with E-state index in [1.165, 1.54) is 0 Å². The molecule has 0 saturated carbocycles. The van der Waals surface area contributed by atoms with Crippen molar-refractivity contribution in [2.24, 2.45) is 5.92 Å². The highest BCUT2D eigenvalue weighted by Crippen LogP contribution is 2.45. The molecule has 38 heavy (non-hydrogen) atoms. The van der Waals surface area contributed by atoms with Crippen molar-refractivity contribution < 1.29 is 18.4 Å². The van der Waals surface area contributed by atoms with Crippen LogP contribution in [0.1, 0.15) is 116 Å². The second kappa shape index (κ2) is 15.1. The molecule has 1 N–H and O–H groups in total. The largest absolute Gasteiger partial charge is 0.417 e. The second-order valence-electron chi connectivity index (χ2n) is 15.9. The van der Waals surface area contributed by atoms with Crippen molar-refractivity contribution in [3.63, 3.8) is 0 Å². The average Bonchev–Trinajstić information content (AvgIpc) is 2.72. The Morgan fingerprint density at radius 2 is 1.03 bits per heavy atom. The van der Waals surface area contributed by atoms with Gasteiger partial charge in [-0.2, -0.15) is 0 Å². The van der Waals surface area contributed by atoms with Gasteiger partial charge in [0.1, 0.15) is 0 Å². The van der Waals surface area contributed by atoms with E-state index in [1.807, 2.05) is 0 Å². The van der Waals surface area contributed by atoms with E-state index in [2.05, 4.69) is 116 Å². The smallest absolute Gasteiger partial charge is 0.200 e. The van der Waals surface area contributed by atoms with Crippen LogP contribution in [0.15, 0.2) is 0 Å². The minimum absolute atomic E-state index is 0.0112. The van der Waals surface area contributed by atoms with E-state index in [0.29, 0.717) is 23.0 Å². The van der Waals surface area contributed by atoms with Crippen LogP contribution in [0.3, 0.4) is 0 Å². The van der Waals surface area contributed by atoms with E-state index in [1.54, 1.807) is 0 Å². The summed E-state index contributed by atoms with van der Waals surface area (Å²) in [5.41, 5.74) is 1.55. The van der Waals surface area contributed by atoms with Gasteiger partial charge in [0.2, 0.25) is 8.32 Å². The van der Waals surface area contributed by atoms with E-state index >= 15 is 0 Å². The number of unbranched alkanes of at least 4 members (excludes halogenated alkanes) is 1. The lowest BCUT2D eigenvalue weighted by molar-refractivity contribution is 0.0151. The predicted octanol–water partition coefficient (Wildman–Crippen LogP) is 10.1. The summed E-state index contributed by atoms with van der Waals surface area (Å²) in [4.78, 5) is 0. The van der Waals surface area contributed by atoms with Crippen molar-refractivity contribution in [2.75, 3.05) is 13.2 Å². The van der Waals surface area contributed by atoms with Crippen LogP contribution in [-0.2, 0) is 13.3 Å². The molecule has 0 aromatic rings.